The van der Waals surface area contributed by atoms with Gasteiger partial charge >= 0.3 is 0 Å². The van der Waals surface area contributed by atoms with Crippen LogP contribution < -0.4 is 10.6 Å². The number of nitrogens with zero attached hydrogens (tertiary/aromatic N) is 1. The number of likely N-dealkylation sites (N-methyl/N-ethyl adjacent to an activating group) is 1. The van der Waals surface area contributed by atoms with Crippen LogP contribution >= 0.6 is 11.6 Å². The van der Waals surface area contributed by atoms with Crippen molar-refractivity contribution in [3.8, 4) is 0 Å². The van der Waals surface area contributed by atoms with E-state index in [0.29, 0.717) is 17.3 Å². The predicted octanol–water partition coefficient (Wildman–Crippen LogP) is 2.39. The molecule has 0 aliphatic rings. The summed E-state index contributed by atoms with van der Waals surface area (Å²) in [4.78, 5) is 2.06. The largest absolute Gasteiger partial charge is 0.397 e. The van der Waals surface area contributed by atoms with Crippen LogP contribution in [0.1, 0.15) is 6.92 Å². The van der Waals surface area contributed by atoms with Crippen LogP contribution in [-0.2, 0) is 4.74 Å². The number of nitrogens with two attached hydrogens (primary N) is 1. The molecule has 0 amide bonds. The van der Waals surface area contributed by atoms with Crippen LogP contribution in [0.4, 0.5) is 11.4 Å². The molecule has 0 spiro atoms. The van der Waals surface area contributed by atoms with Crippen LogP contribution in [0, 0.1) is 0 Å². The van der Waals surface area contributed by atoms with Crippen molar-refractivity contribution in [3.05, 3.63) is 23.2 Å². The summed E-state index contributed by atoms with van der Waals surface area (Å²) in [7, 11) is 1.98. The Morgan fingerprint density at radius 3 is 2.80 bits per heavy atom. The van der Waals surface area contributed by atoms with E-state index in [0.717, 1.165) is 18.8 Å². The third-order valence-corrected chi connectivity index (χ3v) is 2.41. The lowest BCUT2D eigenvalue weighted by Crippen LogP contribution is -2.23. The summed E-state index contributed by atoms with van der Waals surface area (Å²) in [6.45, 7) is 4.25. The SMILES string of the molecule is CCOCCN(C)c1ccc(Cl)cc1N. The van der Waals surface area contributed by atoms with Crippen molar-refractivity contribution in [1.29, 1.82) is 0 Å². The summed E-state index contributed by atoms with van der Waals surface area (Å²) in [6, 6.07) is 5.52. The van der Waals surface area contributed by atoms with Crippen LogP contribution in [-0.4, -0.2) is 26.8 Å². The highest BCUT2D eigenvalue weighted by atomic mass is 35.5. The van der Waals surface area contributed by atoms with Crippen molar-refractivity contribution in [2.24, 2.45) is 0 Å². The van der Waals surface area contributed by atoms with Crippen molar-refractivity contribution in [3.63, 3.8) is 0 Å². The van der Waals surface area contributed by atoms with Gasteiger partial charge in [-0.3, -0.25) is 0 Å². The van der Waals surface area contributed by atoms with Crippen molar-refractivity contribution in [1.82, 2.24) is 0 Å². The normalized spacial score (nSPS) is 10.3. The van der Waals surface area contributed by atoms with Crippen molar-refractivity contribution in [2.75, 3.05) is 37.4 Å². The highest BCUT2D eigenvalue weighted by Crippen LogP contribution is 2.25. The first-order valence-electron chi connectivity index (χ1n) is 4.99. The molecule has 0 aromatic heterocycles. The Labute approximate surface area is 95.8 Å². The molecule has 0 aliphatic heterocycles. The zero-order valence-electron chi connectivity index (χ0n) is 9.16. The third kappa shape index (κ3) is 3.61. The smallest absolute Gasteiger partial charge is 0.0641 e. The van der Waals surface area contributed by atoms with Gasteiger partial charge < -0.3 is 15.4 Å². The molecule has 15 heavy (non-hydrogen) atoms. The minimum atomic E-state index is 0.662. The van der Waals surface area contributed by atoms with Gasteiger partial charge in [0, 0.05) is 25.2 Å². The zero-order chi connectivity index (χ0) is 11.3. The number of benzene rings is 1. The Bertz CT molecular complexity index is 317. The van der Waals surface area contributed by atoms with Gasteiger partial charge in [-0.25, -0.2) is 0 Å². The van der Waals surface area contributed by atoms with Gasteiger partial charge in [-0.1, -0.05) is 11.6 Å². The second-order valence-corrected chi connectivity index (χ2v) is 3.76. The molecular formula is C11H17ClN2O. The summed E-state index contributed by atoms with van der Waals surface area (Å²) in [5, 5.41) is 0.662. The van der Waals surface area contributed by atoms with Crippen LogP contribution in [0.25, 0.3) is 0 Å². The van der Waals surface area contributed by atoms with Gasteiger partial charge in [0.25, 0.3) is 0 Å². The zero-order valence-corrected chi connectivity index (χ0v) is 9.92. The molecule has 0 saturated carbocycles. The number of nitrogen functional groups attached to an aromatic ring is 1. The Balaban J connectivity index is 2.61. The second-order valence-electron chi connectivity index (χ2n) is 3.32. The van der Waals surface area contributed by atoms with Crippen LogP contribution in [0.15, 0.2) is 18.2 Å². The summed E-state index contributed by atoms with van der Waals surface area (Å²) in [5.41, 5.74) is 7.54. The Hall–Kier alpha value is -0.930. The van der Waals surface area contributed by atoms with E-state index >= 15 is 0 Å². The number of anilines is 2. The topological polar surface area (TPSA) is 38.5 Å². The average Bonchev–Trinajstić information content (AvgIpc) is 2.17. The first kappa shape index (κ1) is 12.1. The maximum Gasteiger partial charge on any atom is 0.0641 e. The van der Waals surface area contributed by atoms with Crippen LogP contribution in [0.5, 0.6) is 0 Å². The first-order chi connectivity index (χ1) is 7.15. The first-order valence-corrected chi connectivity index (χ1v) is 5.37. The molecule has 0 aliphatic carbocycles. The Kier molecular flexibility index (Phi) is 4.72. The molecule has 3 nitrogen and oxygen atoms in total. The molecule has 1 aromatic carbocycles. The van der Waals surface area contributed by atoms with E-state index in [9.17, 15) is 0 Å². The van der Waals surface area contributed by atoms with Crippen molar-refractivity contribution >= 4 is 23.0 Å². The minimum Gasteiger partial charge on any atom is -0.397 e. The fraction of sp³-hybridized carbons (Fsp3) is 0.455. The molecule has 84 valence electrons. The molecule has 4 heteroatoms. The van der Waals surface area contributed by atoms with E-state index in [4.69, 9.17) is 22.1 Å². The summed E-state index contributed by atoms with van der Waals surface area (Å²) >= 11 is 5.83. The molecule has 0 heterocycles. The molecule has 0 saturated heterocycles. The lowest BCUT2D eigenvalue weighted by atomic mass is 10.2. The van der Waals surface area contributed by atoms with Crippen molar-refractivity contribution in [2.45, 2.75) is 6.92 Å². The quantitative estimate of drug-likeness (QED) is 0.621. The Morgan fingerprint density at radius 2 is 2.20 bits per heavy atom. The van der Waals surface area contributed by atoms with E-state index in [2.05, 4.69) is 4.90 Å². The molecule has 0 radical (unpaired) electrons. The van der Waals surface area contributed by atoms with Crippen LogP contribution in [0.3, 0.4) is 0 Å². The number of hydrogen-bond donors (Lipinski definition) is 1. The number of rotatable bonds is 5. The van der Waals surface area contributed by atoms with Gasteiger partial charge in [-0.15, -0.1) is 0 Å². The number of ether oxygens (including phenoxy) is 1. The number of hydrogen-bond acceptors (Lipinski definition) is 3. The van der Waals surface area contributed by atoms with Crippen molar-refractivity contribution < 1.29 is 4.74 Å². The fourth-order valence-electron chi connectivity index (χ4n) is 1.34. The molecule has 0 atom stereocenters. The lowest BCUT2D eigenvalue weighted by Gasteiger charge is -2.20. The van der Waals surface area contributed by atoms with Gasteiger partial charge in [0.1, 0.15) is 0 Å². The standard InChI is InChI=1S/C11H17ClN2O/c1-3-15-7-6-14(2)11-5-4-9(12)8-10(11)13/h4-5,8H,3,6-7,13H2,1-2H3. The highest BCUT2D eigenvalue weighted by Gasteiger charge is 2.05. The van der Waals surface area contributed by atoms with E-state index in [-0.39, 0.29) is 0 Å². The summed E-state index contributed by atoms with van der Waals surface area (Å²) in [5.74, 6) is 0. The van der Waals surface area contributed by atoms with E-state index in [1.54, 1.807) is 6.07 Å². The van der Waals surface area contributed by atoms with Crippen LogP contribution in [0.2, 0.25) is 5.02 Å². The number of halogens is 1. The van der Waals surface area contributed by atoms with Gasteiger partial charge in [0.15, 0.2) is 0 Å². The predicted molar refractivity (Wildman–Crippen MR) is 65.6 cm³/mol. The molecule has 0 unspecified atom stereocenters. The third-order valence-electron chi connectivity index (χ3n) is 2.18. The molecule has 1 rings (SSSR count). The summed E-state index contributed by atoms with van der Waals surface area (Å²) in [6.07, 6.45) is 0. The van der Waals surface area contributed by atoms with E-state index in [1.165, 1.54) is 0 Å². The second kappa shape index (κ2) is 5.83. The minimum absolute atomic E-state index is 0.662. The van der Waals surface area contributed by atoms with E-state index < -0.39 is 0 Å². The fourth-order valence-corrected chi connectivity index (χ4v) is 1.52. The summed E-state index contributed by atoms with van der Waals surface area (Å²) < 4.78 is 5.28. The molecule has 1 aromatic rings. The van der Waals surface area contributed by atoms with Gasteiger partial charge in [-0.2, -0.15) is 0 Å². The Morgan fingerprint density at radius 1 is 1.47 bits per heavy atom. The molecular weight excluding hydrogens is 212 g/mol. The highest BCUT2D eigenvalue weighted by molar-refractivity contribution is 6.31. The van der Waals surface area contributed by atoms with Gasteiger partial charge in [0.2, 0.25) is 0 Å². The monoisotopic (exact) mass is 228 g/mol. The molecule has 2 N–H and O–H groups in total. The molecule has 0 fully saturated rings. The van der Waals surface area contributed by atoms with Gasteiger partial charge in [0.05, 0.1) is 18.0 Å². The molecule has 0 bridgehead atoms. The maximum atomic E-state index is 5.86. The van der Waals surface area contributed by atoms with E-state index in [1.807, 2.05) is 26.1 Å². The maximum absolute atomic E-state index is 5.86. The average molecular weight is 229 g/mol. The van der Waals surface area contributed by atoms with Gasteiger partial charge in [-0.05, 0) is 25.1 Å². The lowest BCUT2D eigenvalue weighted by molar-refractivity contribution is 0.154.